The van der Waals surface area contributed by atoms with E-state index in [1.807, 2.05) is 0 Å². The van der Waals surface area contributed by atoms with Crippen molar-refractivity contribution in [3.05, 3.63) is 78.1 Å². The third-order valence-electron chi connectivity index (χ3n) is 5.43. The van der Waals surface area contributed by atoms with Crippen LogP contribution in [0.2, 0.25) is 0 Å². The van der Waals surface area contributed by atoms with Gasteiger partial charge in [0.05, 0.1) is 7.11 Å². The number of carbonyl (C=O) groups excluding carboxylic acids is 2. The van der Waals surface area contributed by atoms with Crippen molar-refractivity contribution in [2.75, 3.05) is 25.5 Å². The van der Waals surface area contributed by atoms with Gasteiger partial charge in [0.15, 0.2) is 0 Å². The van der Waals surface area contributed by atoms with Crippen LogP contribution in [0.1, 0.15) is 36.0 Å². The number of ether oxygens (including phenoxy) is 2. The first-order chi connectivity index (χ1) is 16.7. The van der Waals surface area contributed by atoms with E-state index in [2.05, 4.69) is 5.32 Å². The minimum absolute atomic E-state index is 0.00541. The highest BCUT2D eigenvalue weighted by Gasteiger charge is 2.30. The molecule has 1 atom stereocenters. The normalized spacial score (nSPS) is 12.3. The zero-order chi connectivity index (χ0) is 25.6. The molecule has 2 aromatic carbocycles. The number of methoxy groups -OCH3 is 1. The first kappa shape index (κ1) is 26.0. The Hall–Kier alpha value is -3.63. The SMILES string of the molecule is CCN(CC)S(=O)(=O)c1cc(C(=O)OC(C(=O)Nc2cccc(OC)c2)c2ccccc2)n(C)c1. The van der Waals surface area contributed by atoms with E-state index in [1.54, 1.807) is 75.5 Å². The summed E-state index contributed by atoms with van der Waals surface area (Å²) >= 11 is 0. The maximum absolute atomic E-state index is 13.2. The van der Waals surface area contributed by atoms with Gasteiger partial charge in [0, 0.05) is 43.7 Å². The van der Waals surface area contributed by atoms with Gasteiger partial charge in [-0.25, -0.2) is 13.2 Å². The van der Waals surface area contributed by atoms with Crippen molar-refractivity contribution in [2.24, 2.45) is 7.05 Å². The summed E-state index contributed by atoms with van der Waals surface area (Å²) in [7, 11) is -0.702. The number of rotatable bonds is 10. The van der Waals surface area contributed by atoms with E-state index in [-0.39, 0.29) is 10.6 Å². The van der Waals surface area contributed by atoms with E-state index >= 15 is 0 Å². The summed E-state index contributed by atoms with van der Waals surface area (Å²) in [4.78, 5) is 26.2. The molecule has 3 rings (SSSR count). The molecule has 0 aliphatic rings. The van der Waals surface area contributed by atoms with Gasteiger partial charge in [-0.15, -0.1) is 0 Å². The average molecular weight is 500 g/mol. The van der Waals surface area contributed by atoms with E-state index in [4.69, 9.17) is 9.47 Å². The number of nitrogens with one attached hydrogen (secondary N) is 1. The van der Waals surface area contributed by atoms with Crippen LogP contribution in [0.4, 0.5) is 5.69 Å². The quantitative estimate of drug-likeness (QED) is 0.427. The Labute approximate surface area is 205 Å². The van der Waals surface area contributed by atoms with E-state index < -0.39 is 28.0 Å². The molecule has 10 heteroatoms. The largest absolute Gasteiger partial charge is 0.497 e. The molecule has 0 fully saturated rings. The Balaban J connectivity index is 1.89. The predicted molar refractivity (Wildman–Crippen MR) is 132 cm³/mol. The molecule has 3 aromatic rings. The molecule has 0 saturated carbocycles. The number of esters is 1. The molecule has 0 aliphatic heterocycles. The van der Waals surface area contributed by atoms with Crippen molar-refractivity contribution in [1.29, 1.82) is 0 Å². The molecule has 0 aliphatic carbocycles. The number of hydrogen-bond acceptors (Lipinski definition) is 6. The number of aromatic nitrogens is 1. The average Bonchev–Trinajstić information content (AvgIpc) is 3.26. The topological polar surface area (TPSA) is 107 Å². The first-order valence-corrected chi connectivity index (χ1v) is 12.5. The maximum atomic E-state index is 13.2. The molecule has 1 aromatic heterocycles. The minimum Gasteiger partial charge on any atom is -0.497 e. The Morgan fingerprint density at radius 2 is 1.71 bits per heavy atom. The summed E-state index contributed by atoms with van der Waals surface area (Å²) in [5.41, 5.74) is 0.940. The van der Waals surface area contributed by atoms with Crippen LogP contribution in [0.5, 0.6) is 5.75 Å². The van der Waals surface area contributed by atoms with Gasteiger partial charge < -0.3 is 19.4 Å². The molecule has 35 heavy (non-hydrogen) atoms. The fourth-order valence-electron chi connectivity index (χ4n) is 3.57. The molecule has 0 radical (unpaired) electrons. The fraction of sp³-hybridized carbons (Fsp3) is 0.280. The molecular weight excluding hydrogens is 470 g/mol. The molecule has 1 N–H and O–H groups in total. The third-order valence-corrected chi connectivity index (χ3v) is 7.45. The van der Waals surface area contributed by atoms with Gasteiger partial charge in [-0.05, 0) is 18.2 Å². The highest BCUT2D eigenvalue weighted by atomic mass is 32.2. The monoisotopic (exact) mass is 499 g/mol. The van der Waals surface area contributed by atoms with Gasteiger partial charge in [-0.1, -0.05) is 50.2 Å². The van der Waals surface area contributed by atoms with Crippen LogP contribution in [-0.2, 0) is 26.6 Å². The van der Waals surface area contributed by atoms with Crippen LogP contribution in [0.25, 0.3) is 0 Å². The first-order valence-electron chi connectivity index (χ1n) is 11.1. The molecule has 1 unspecified atom stereocenters. The fourth-order valence-corrected chi connectivity index (χ4v) is 5.10. The lowest BCUT2D eigenvalue weighted by molar-refractivity contribution is -0.125. The zero-order valence-corrected chi connectivity index (χ0v) is 20.9. The van der Waals surface area contributed by atoms with Crippen molar-refractivity contribution in [3.63, 3.8) is 0 Å². The van der Waals surface area contributed by atoms with Crippen LogP contribution >= 0.6 is 0 Å². The Morgan fingerprint density at radius 3 is 2.34 bits per heavy atom. The molecule has 0 bridgehead atoms. The van der Waals surface area contributed by atoms with Gasteiger partial charge in [0.25, 0.3) is 5.91 Å². The second-order valence-electron chi connectivity index (χ2n) is 7.68. The lowest BCUT2D eigenvalue weighted by Gasteiger charge is -2.18. The summed E-state index contributed by atoms with van der Waals surface area (Å²) in [6, 6.07) is 16.6. The number of sulfonamides is 1. The number of carbonyl (C=O) groups is 2. The van der Waals surface area contributed by atoms with Crippen LogP contribution < -0.4 is 10.1 Å². The summed E-state index contributed by atoms with van der Waals surface area (Å²) in [5, 5.41) is 2.74. The molecule has 0 spiro atoms. The summed E-state index contributed by atoms with van der Waals surface area (Å²) < 4.78 is 39.2. The second kappa shape index (κ2) is 11.2. The third kappa shape index (κ3) is 5.90. The number of anilines is 1. The van der Waals surface area contributed by atoms with E-state index in [1.165, 1.54) is 28.2 Å². The molecule has 9 nitrogen and oxygen atoms in total. The van der Waals surface area contributed by atoms with Crippen molar-refractivity contribution < 1.29 is 27.5 Å². The van der Waals surface area contributed by atoms with Crippen molar-refractivity contribution in [2.45, 2.75) is 24.8 Å². The summed E-state index contributed by atoms with van der Waals surface area (Å²) in [6.07, 6.45) is 0.0885. The molecular formula is C25H29N3O6S. The van der Waals surface area contributed by atoms with Crippen molar-refractivity contribution in [1.82, 2.24) is 8.87 Å². The van der Waals surface area contributed by atoms with Crippen LogP contribution in [0.3, 0.4) is 0 Å². The number of hydrogen-bond donors (Lipinski definition) is 1. The molecule has 186 valence electrons. The highest BCUT2D eigenvalue weighted by molar-refractivity contribution is 7.89. The smallest absolute Gasteiger partial charge is 0.356 e. The predicted octanol–water partition coefficient (Wildman–Crippen LogP) is 3.60. The second-order valence-corrected chi connectivity index (χ2v) is 9.62. The number of aryl methyl sites for hydroxylation is 1. The summed E-state index contributed by atoms with van der Waals surface area (Å²) in [5.74, 6) is -0.840. The van der Waals surface area contributed by atoms with Crippen molar-refractivity contribution in [3.8, 4) is 5.75 Å². The standard InChI is InChI=1S/C25H29N3O6S/c1-5-28(6-2)35(31,32)21-16-22(27(3)17-21)25(30)34-23(18-11-8-7-9-12-18)24(29)26-19-13-10-14-20(15-19)33-4/h7-17,23H,5-6H2,1-4H3,(H,26,29). The number of amides is 1. The lowest BCUT2D eigenvalue weighted by Crippen LogP contribution is -2.30. The Bertz CT molecular complexity index is 1280. The lowest BCUT2D eigenvalue weighted by atomic mass is 10.1. The van der Waals surface area contributed by atoms with Crippen LogP contribution in [0.15, 0.2) is 71.8 Å². The van der Waals surface area contributed by atoms with Gasteiger partial charge in [-0.2, -0.15) is 4.31 Å². The molecule has 1 amide bonds. The van der Waals surface area contributed by atoms with E-state index in [0.29, 0.717) is 30.1 Å². The number of nitrogens with zero attached hydrogens (tertiary/aromatic N) is 2. The van der Waals surface area contributed by atoms with E-state index in [9.17, 15) is 18.0 Å². The van der Waals surface area contributed by atoms with Crippen LogP contribution in [0, 0.1) is 0 Å². The maximum Gasteiger partial charge on any atom is 0.356 e. The minimum atomic E-state index is -3.77. The Kier molecular flexibility index (Phi) is 8.31. The Morgan fingerprint density at radius 1 is 1.03 bits per heavy atom. The van der Waals surface area contributed by atoms with Gasteiger partial charge in [0.1, 0.15) is 16.3 Å². The molecule has 1 heterocycles. The van der Waals surface area contributed by atoms with Gasteiger partial charge in [0.2, 0.25) is 16.1 Å². The van der Waals surface area contributed by atoms with Gasteiger partial charge >= 0.3 is 5.97 Å². The zero-order valence-electron chi connectivity index (χ0n) is 20.1. The van der Waals surface area contributed by atoms with Crippen LogP contribution in [-0.4, -0.2) is 49.4 Å². The molecule has 0 saturated heterocycles. The highest BCUT2D eigenvalue weighted by Crippen LogP contribution is 2.25. The van der Waals surface area contributed by atoms with E-state index in [0.717, 1.165) is 0 Å². The summed E-state index contributed by atoms with van der Waals surface area (Å²) in [6.45, 7) is 4.08. The van der Waals surface area contributed by atoms with Gasteiger partial charge in [-0.3, -0.25) is 4.79 Å². The number of benzene rings is 2. The van der Waals surface area contributed by atoms with Crippen molar-refractivity contribution >= 4 is 27.6 Å².